The number of sulfonamides is 1. The molecule has 0 aliphatic rings. The van der Waals surface area contributed by atoms with Crippen molar-refractivity contribution in [3.8, 4) is 0 Å². The number of benzene rings is 1. The molecule has 1 atom stereocenters. The van der Waals surface area contributed by atoms with Crippen LogP contribution in [0.5, 0.6) is 0 Å². The van der Waals surface area contributed by atoms with Crippen LogP contribution < -0.4 is 4.72 Å². The van der Waals surface area contributed by atoms with Crippen LogP contribution in [0.4, 0.5) is 0 Å². The van der Waals surface area contributed by atoms with Crippen molar-refractivity contribution < 1.29 is 18.3 Å². The number of methoxy groups -OCH3 is 1. The molecule has 0 amide bonds. The molecule has 102 valence electrons. The maximum atomic E-state index is 11.9. The van der Waals surface area contributed by atoms with Gasteiger partial charge < -0.3 is 9.84 Å². The molecule has 1 aromatic carbocycles. The molecule has 6 heteroatoms. The number of nitrogens with one attached hydrogen (secondary N) is 1. The van der Waals surface area contributed by atoms with Crippen molar-refractivity contribution in [1.29, 1.82) is 0 Å². The zero-order valence-electron chi connectivity index (χ0n) is 10.6. The van der Waals surface area contributed by atoms with Gasteiger partial charge in [-0.05, 0) is 24.1 Å². The van der Waals surface area contributed by atoms with Gasteiger partial charge in [0.2, 0.25) is 10.0 Å². The maximum absolute atomic E-state index is 11.9. The smallest absolute Gasteiger partial charge is 0.240 e. The molecule has 0 fully saturated rings. The average Bonchev–Trinajstić information content (AvgIpc) is 2.37. The number of aliphatic hydroxyl groups excluding tert-OH is 1. The summed E-state index contributed by atoms with van der Waals surface area (Å²) in [6.07, 6.45) is 0.0139. The number of aryl methyl sites for hydroxylation is 1. The minimum atomic E-state index is -3.56. The van der Waals surface area contributed by atoms with Gasteiger partial charge in [-0.25, -0.2) is 13.1 Å². The van der Waals surface area contributed by atoms with Crippen LogP contribution in [0, 0.1) is 0 Å². The Hall–Kier alpha value is -0.950. The van der Waals surface area contributed by atoms with E-state index in [-0.39, 0.29) is 18.0 Å². The molecule has 18 heavy (non-hydrogen) atoms. The summed E-state index contributed by atoms with van der Waals surface area (Å²) in [4.78, 5) is 0.198. The van der Waals surface area contributed by atoms with Crippen molar-refractivity contribution in [3.63, 3.8) is 0 Å². The van der Waals surface area contributed by atoms with Gasteiger partial charge in [0, 0.05) is 13.7 Å². The van der Waals surface area contributed by atoms with Gasteiger partial charge in [0.15, 0.2) is 0 Å². The lowest BCUT2D eigenvalue weighted by Gasteiger charge is -2.11. The fourth-order valence-electron chi connectivity index (χ4n) is 1.44. The van der Waals surface area contributed by atoms with Crippen LogP contribution in [0.15, 0.2) is 29.2 Å². The summed E-state index contributed by atoms with van der Waals surface area (Å²) in [5, 5.41) is 9.39. The van der Waals surface area contributed by atoms with E-state index < -0.39 is 16.1 Å². The molecular weight excluding hydrogens is 254 g/mol. The van der Waals surface area contributed by atoms with E-state index in [4.69, 9.17) is 4.74 Å². The quantitative estimate of drug-likeness (QED) is 0.760. The predicted molar refractivity (Wildman–Crippen MR) is 68.9 cm³/mol. The zero-order chi connectivity index (χ0) is 13.6. The van der Waals surface area contributed by atoms with Crippen LogP contribution in [0.2, 0.25) is 0 Å². The van der Waals surface area contributed by atoms with Gasteiger partial charge in [-0.3, -0.25) is 0 Å². The molecule has 0 heterocycles. The Bertz CT molecular complexity index is 455. The van der Waals surface area contributed by atoms with E-state index in [0.717, 1.165) is 12.0 Å². The van der Waals surface area contributed by atoms with Crippen LogP contribution in [-0.2, 0) is 21.2 Å². The first-order valence-corrected chi connectivity index (χ1v) is 7.23. The first-order valence-electron chi connectivity index (χ1n) is 5.75. The molecule has 0 saturated heterocycles. The van der Waals surface area contributed by atoms with Gasteiger partial charge in [-0.15, -0.1) is 0 Å². The second kappa shape index (κ2) is 6.84. The fraction of sp³-hybridized carbons (Fsp3) is 0.500. The van der Waals surface area contributed by atoms with E-state index >= 15 is 0 Å². The number of ether oxygens (including phenoxy) is 1. The van der Waals surface area contributed by atoms with Crippen molar-refractivity contribution in [2.75, 3.05) is 20.3 Å². The first-order chi connectivity index (χ1) is 8.49. The van der Waals surface area contributed by atoms with Gasteiger partial charge in [-0.1, -0.05) is 19.1 Å². The summed E-state index contributed by atoms with van der Waals surface area (Å²) in [6, 6.07) is 6.67. The third-order valence-electron chi connectivity index (χ3n) is 2.51. The third kappa shape index (κ3) is 4.38. The predicted octanol–water partition coefficient (Wildman–Crippen LogP) is 0.535. The molecule has 0 aliphatic heterocycles. The lowest BCUT2D eigenvalue weighted by molar-refractivity contribution is 0.0679. The molecule has 5 nitrogen and oxygen atoms in total. The largest absolute Gasteiger partial charge is 0.389 e. The van der Waals surface area contributed by atoms with Crippen LogP contribution in [0.3, 0.4) is 0 Å². The molecule has 0 aliphatic carbocycles. The highest BCUT2D eigenvalue weighted by Crippen LogP contribution is 2.10. The Kier molecular flexibility index (Phi) is 5.74. The van der Waals surface area contributed by atoms with Crippen molar-refractivity contribution in [3.05, 3.63) is 29.8 Å². The molecule has 2 N–H and O–H groups in total. The van der Waals surface area contributed by atoms with E-state index in [1.54, 1.807) is 24.3 Å². The van der Waals surface area contributed by atoms with Crippen LogP contribution in [0.1, 0.15) is 12.5 Å². The summed E-state index contributed by atoms with van der Waals surface area (Å²) in [5.74, 6) is 0. The van der Waals surface area contributed by atoms with Crippen molar-refractivity contribution >= 4 is 10.0 Å². The van der Waals surface area contributed by atoms with Crippen molar-refractivity contribution in [2.24, 2.45) is 0 Å². The van der Waals surface area contributed by atoms with E-state index in [2.05, 4.69) is 4.72 Å². The Morgan fingerprint density at radius 2 is 1.94 bits per heavy atom. The number of hydrogen-bond acceptors (Lipinski definition) is 4. The summed E-state index contributed by atoms with van der Waals surface area (Å²) in [5.41, 5.74) is 1.08. The normalized spacial score (nSPS) is 13.5. The SMILES string of the molecule is CCc1ccc(S(=O)(=O)NCC(O)COC)cc1. The summed E-state index contributed by atoms with van der Waals surface area (Å²) >= 11 is 0. The van der Waals surface area contributed by atoms with Crippen LogP contribution in [-0.4, -0.2) is 39.9 Å². The highest BCUT2D eigenvalue weighted by atomic mass is 32.2. The second-order valence-electron chi connectivity index (χ2n) is 3.96. The average molecular weight is 273 g/mol. The standard InChI is InChI=1S/C12H19NO4S/c1-3-10-4-6-12(7-5-10)18(15,16)13-8-11(14)9-17-2/h4-7,11,13-14H,3,8-9H2,1-2H3. The molecular formula is C12H19NO4S. The van der Waals surface area contributed by atoms with Gasteiger partial charge in [0.25, 0.3) is 0 Å². The Balaban J connectivity index is 2.67. The molecule has 1 unspecified atom stereocenters. The highest BCUT2D eigenvalue weighted by Gasteiger charge is 2.15. The van der Waals surface area contributed by atoms with E-state index in [1.807, 2.05) is 6.92 Å². The van der Waals surface area contributed by atoms with Crippen LogP contribution >= 0.6 is 0 Å². The lowest BCUT2D eigenvalue weighted by Crippen LogP contribution is -2.34. The molecule has 0 saturated carbocycles. The van der Waals surface area contributed by atoms with Gasteiger partial charge >= 0.3 is 0 Å². The number of rotatable bonds is 7. The van der Waals surface area contributed by atoms with Crippen molar-refractivity contribution in [1.82, 2.24) is 4.72 Å². The summed E-state index contributed by atoms with van der Waals surface area (Å²) in [7, 11) is -2.12. The summed E-state index contributed by atoms with van der Waals surface area (Å²) in [6.45, 7) is 2.03. The molecule has 0 radical (unpaired) electrons. The van der Waals surface area contributed by atoms with Crippen LogP contribution in [0.25, 0.3) is 0 Å². The zero-order valence-corrected chi connectivity index (χ0v) is 11.4. The molecule has 0 bridgehead atoms. The number of hydrogen-bond donors (Lipinski definition) is 2. The second-order valence-corrected chi connectivity index (χ2v) is 5.73. The Morgan fingerprint density at radius 3 is 2.44 bits per heavy atom. The third-order valence-corrected chi connectivity index (χ3v) is 3.95. The molecule has 1 aromatic rings. The maximum Gasteiger partial charge on any atom is 0.240 e. The fourth-order valence-corrected chi connectivity index (χ4v) is 2.52. The van der Waals surface area contributed by atoms with Gasteiger partial charge in [0.05, 0.1) is 17.6 Å². The molecule has 0 spiro atoms. The molecule has 1 rings (SSSR count). The lowest BCUT2D eigenvalue weighted by atomic mass is 10.2. The minimum Gasteiger partial charge on any atom is -0.389 e. The topological polar surface area (TPSA) is 75.6 Å². The minimum absolute atomic E-state index is 0.0638. The van der Waals surface area contributed by atoms with E-state index in [9.17, 15) is 13.5 Å². The van der Waals surface area contributed by atoms with Gasteiger partial charge in [0.1, 0.15) is 0 Å². The highest BCUT2D eigenvalue weighted by molar-refractivity contribution is 7.89. The van der Waals surface area contributed by atoms with E-state index in [0.29, 0.717) is 0 Å². The monoisotopic (exact) mass is 273 g/mol. The van der Waals surface area contributed by atoms with Crippen molar-refractivity contribution in [2.45, 2.75) is 24.3 Å². The first kappa shape index (κ1) is 15.1. The number of aliphatic hydroxyl groups is 1. The van der Waals surface area contributed by atoms with E-state index in [1.165, 1.54) is 7.11 Å². The Labute approximate surface area is 108 Å². The Morgan fingerprint density at radius 1 is 1.33 bits per heavy atom. The summed E-state index contributed by atoms with van der Waals surface area (Å²) < 4.78 is 30.8. The molecule has 0 aromatic heterocycles. The van der Waals surface area contributed by atoms with Gasteiger partial charge in [-0.2, -0.15) is 0 Å².